The summed E-state index contributed by atoms with van der Waals surface area (Å²) in [7, 11) is 0. The first-order valence-electron chi connectivity index (χ1n) is 13.6. The van der Waals surface area contributed by atoms with E-state index in [2.05, 4.69) is 6.92 Å². The molecule has 0 atom stereocenters. The van der Waals surface area contributed by atoms with Crippen molar-refractivity contribution in [3.8, 4) is 0 Å². The number of carbonyl (C=O) groups is 1. The van der Waals surface area contributed by atoms with Crippen molar-refractivity contribution >= 4 is 5.97 Å². The van der Waals surface area contributed by atoms with Crippen molar-refractivity contribution in [1.82, 2.24) is 0 Å². The highest BCUT2D eigenvalue weighted by molar-refractivity contribution is 5.69. The van der Waals surface area contributed by atoms with Gasteiger partial charge in [-0.05, 0) is 6.42 Å². The first kappa shape index (κ1) is 44.4. The number of hydrogen-bond acceptors (Lipinski definition) is 3. The van der Waals surface area contributed by atoms with Gasteiger partial charge in [0.2, 0.25) is 0 Å². The molecule has 0 radical (unpaired) electrons. The molecule has 0 aromatic carbocycles. The zero-order chi connectivity index (χ0) is 35.1. The summed E-state index contributed by atoms with van der Waals surface area (Å²) >= 11 is 0. The van der Waals surface area contributed by atoms with E-state index in [9.17, 15) is 75.0 Å². The number of ether oxygens (including phenoxy) is 1. The summed E-state index contributed by atoms with van der Waals surface area (Å²) in [5.41, 5.74) is 0. The zero-order valence-electron chi connectivity index (χ0n) is 23.6. The molecule has 44 heavy (non-hydrogen) atoms. The van der Waals surface area contributed by atoms with E-state index in [1.807, 2.05) is 0 Å². The largest absolute Gasteiger partial charge is 0.463 e. The van der Waals surface area contributed by atoms with Crippen LogP contribution in [-0.2, 0) is 9.53 Å². The molecule has 0 saturated heterocycles. The van der Waals surface area contributed by atoms with Crippen molar-refractivity contribution in [1.29, 1.82) is 0 Å². The molecule has 0 aliphatic carbocycles. The summed E-state index contributed by atoms with van der Waals surface area (Å²) in [5.74, 6) is -41.4. The lowest BCUT2D eigenvalue weighted by Gasteiger charge is -2.39. The molecule has 0 aromatic rings. The Labute approximate surface area is 243 Å². The molecule has 0 amide bonds. The van der Waals surface area contributed by atoms with E-state index in [1.165, 1.54) is 70.6 Å². The second-order valence-electron chi connectivity index (χ2n) is 9.80. The number of alkyl halides is 16. The van der Waals surface area contributed by atoms with Crippen LogP contribution in [0.5, 0.6) is 0 Å². The summed E-state index contributed by atoms with van der Waals surface area (Å²) in [4.78, 5) is 11.2. The highest BCUT2D eigenvalue weighted by atomic mass is 19.4. The second-order valence-corrected chi connectivity index (χ2v) is 9.80. The van der Waals surface area contributed by atoms with Crippen molar-refractivity contribution in [3.63, 3.8) is 0 Å². The second kappa shape index (κ2) is 18.5. The minimum atomic E-state index is -8.43. The molecular weight excluding hydrogens is 652 g/mol. The van der Waals surface area contributed by atoms with Crippen LogP contribution in [0, 0.1) is 0 Å². The molecule has 0 aromatic heterocycles. The molecule has 0 bridgehead atoms. The third-order valence-electron chi connectivity index (χ3n) is 6.13. The lowest BCUT2D eigenvalue weighted by Crippen LogP contribution is -2.72. The van der Waals surface area contributed by atoms with Crippen molar-refractivity contribution in [2.45, 2.75) is 139 Å². The Bertz CT molecular complexity index is 755. The molecule has 0 saturated carbocycles. The molecular formula is C25H36F16O3. The fourth-order valence-corrected chi connectivity index (χ4v) is 3.47. The molecule has 0 aliphatic heterocycles. The predicted molar refractivity (Wildman–Crippen MR) is 125 cm³/mol. The average Bonchev–Trinajstić information content (AvgIpc) is 2.88. The molecule has 3 nitrogen and oxygen atoms in total. The third kappa shape index (κ3) is 12.2. The quantitative estimate of drug-likeness (QED) is 0.0787. The van der Waals surface area contributed by atoms with Gasteiger partial charge in [-0.2, -0.15) is 70.2 Å². The van der Waals surface area contributed by atoms with Crippen LogP contribution in [0.15, 0.2) is 0 Å². The van der Waals surface area contributed by atoms with Gasteiger partial charge in [-0.3, -0.25) is 4.79 Å². The number of esters is 1. The van der Waals surface area contributed by atoms with Gasteiger partial charge in [0.05, 0.1) is 6.61 Å². The van der Waals surface area contributed by atoms with Crippen LogP contribution in [0.1, 0.15) is 96.8 Å². The van der Waals surface area contributed by atoms with Crippen molar-refractivity contribution < 1.29 is 84.9 Å². The average molecular weight is 689 g/mol. The maximum absolute atomic E-state index is 12.6. The van der Waals surface area contributed by atoms with E-state index in [0.717, 1.165) is 12.8 Å². The lowest BCUT2D eigenvalue weighted by atomic mass is 9.94. The van der Waals surface area contributed by atoms with Gasteiger partial charge in [0.25, 0.3) is 0 Å². The highest BCUT2D eigenvalue weighted by Crippen LogP contribution is 2.62. The van der Waals surface area contributed by atoms with Gasteiger partial charge in [-0.15, -0.1) is 0 Å². The molecule has 19 heteroatoms. The Kier molecular flexibility index (Phi) is 18.6. The van der Waals surface area contributed by atoms with Crippen LogP contribution < -0.4 is 0 Å². The number of carbonyl (C=O) groups excluding carboxylic acids is 1. The van der Waals surface area contributed by atoms with Gasteiger partial charge in [-0.1, -0.05) is 84.0 Å². The molecule has 0 spiro atoms. The fourth-order valence-electron chi connectivity index (χ4n) is 3.47. The van der Waals surface area contributed by atoms with E-state index in [1.54, 1.807) is 0 Å². The van der Waals surface area contributed by atoms with Crippen molar-refractivity contribution in [2.24, 2.45) is 0 Å². The van der Waals surface area contributed by atoms with Crippen LogP contribution in [0.4, 0.5) is 70.2 Å². The van der Waals surface area contributed by atoms with Gasteiger partial charge in [0.1, 0.15) is 6.61 Å². The summed E-state index contributed by atoms with van der Waals surface area (Å²) in [6.45, 7) is 2.32. The van der Waals surface area contributed by atoms with Crippen LogP contribution in [0.25, 0.3) is 0 Å². The minimum absolute atomic E-state index is 0.0790. The van der Waals surface area contributed by atoms with Crippen LogP contribution in [0.2, 0.25) is 0 Å². The molecule has 0 heterocycles. The number of hydrogen-bond donors (Lipinski definition) is 1. The Morgan fingerprint density at radius 3 is 1.02 bits per heavy atom. The summed E-state index contributed by atoms with van der Waals surface area (Å²) in [5, 5.41) is 8.52. The smallest absolute Gasteiger partial charge is 0.460 e. The first-order valence-corrected chi connectivity index (χ1v) is 13.6. The normalized spacial score (nSPS) is 13.9. The zero-order valence-corrected chi connectivity index (χ0v) is 23.6. The number of halogens is 16. The first-order chi connectivity index (χ1) is 19.8. The van der Waals surface area contributed by atoms with Gasteiger partial charge in [0.15, 0.2) is 0 Å². The SMILES string of the molecule is CCCCCCCCCCCCCCCC(=O)OCCO.FC(F)(F)C(F)(F)C(F)(F)C(F)(F)C(F)(F)C(F)(F)C(F)(F)F. The van der Waals surface area contributed by atoms with Gasteiger partial charge < -0.3 is 9.84 Å². The molecule has 0 unspecified atom stereocenters. The van der Waals surface area contributed by atoms with E-state index < -0.39 is 42.0 Å². The summed E-state index contributed by atoms with van der Waals surface area (Å²) in [6.07, 6.45) is 2.19. The number of aliphatic hydroxyl groups excluding tert-OH is 1. The topological polar surface area (TPSA) is 46.5 Å². The van der Waals surface area contributed by atoms with E-state index in [0.29, 0.717) is 6.42 Å². The van der Waals surface area contributed by atoms with Crippen molar-refractivity contribution in [2.75, 3.05) is 13.2 Å². The number of rotatable bonds is 20. The van der Waals surface area contributed by atoms with Crippen LogP contribution >= 0.6 is 0 Å². The summed E-state index contributed by atoms with van der Waals surface area (Å²) in [6, 6.07) is 0. The van der Waals surface area contributed by atoms with Crippen LogP contribution in [-0.4, -0.2) is 66.3 Å². The Hall–Kier alpha value is -1.69. The molecule has 0 fully saturated rings. The maximum atomic E-state index is 12.6. The standard InChI is InChI=1S/C18H36O3.C7F16/c1-2-3-4-5-6-7-8-9-10-11-12-13-14-15-18(20)21-17-16-19;8-1(9,2(10,11)4(14,15)6(18,19)20)3(12,13)5(16,17)7(21,22)23/h19H,2-17H2,1H3;. The monoisotopic (exact) mass is 688 g/mol. The molecule has 266 valence electrons. The van der Waals surface area contributed by atoms with Crippen molar-refractivity contribution in [3.05, 3.63) is 0 Å². The van der Waals surface area contributed by atoms with Gasteiger partial charge in [-0.25, -0.2) is 0 Å². The van der Waals surface area contributed by atoms with Crippen LogP contribution in [0.3, 0.4) is 0 Å². The lowest BCUT2D eigenvalue weighted by molar-refractivity contribution is -0.461. The fraction of sp³-hybridized carbons (Fsp3) is 0.960. The Balaban J connectivity index is 0. The number of aliphatic hydroxyl groups is 1. The molecule has 1 N–H and O–H groups in total. The van der Waals surface area contributed by atoms with Gasteiger partial charge >= 0.3 is 47.9 Å². The molecule has 0 rings (SSSR count). The Morgan fingerprint density at radius 1 is 0.477 bits per heavy atom. The number of unbranched alkanes of at least 4 members (excludes halogenated alkanes) is 12. The predicted octanol–water partition coefficient (Wildman–Crippen LogP) is 10.3. The van der Waals surface area contributed by atoms with Gasteiger partial charge in [0, 0.05) is 6.42 Å². The van der Waals surface area contributed by atoms with E-state index in [-0.39, 0.29) is 19.2 Å². The third-order valence-corrected chi connectivity index (χ3v) is 6.13. The molecule has 0 aliphatic rings. The summed E-state index contributed by atoms with van der Waals surface area (Å²) < 4.78 is 198. The minimum Gasteiger partial charge on any atom is -0.463 e. The van der Waals surface area contributed by atoms with E-state index in [4.69, 9.17) is 9.84 Å². The maximum Gasteiger partial charge on any atom is 0.460 e. The Morgan fingerprint density at radius 2 is 0.750 bits per heavy atom. The highest BCUT2D eigenvalue weighted by Gasteiger charge is 2.93. The van der Waals surface area contributed by atoms with E-state index >= 15 is 0 Å².